The van der Waals surface area contributed by atoms with Crippen LogP contribution in [0.1, 0.15) is 25.5 Å². The largest absolute Gasteiger partial charge is 0.465 e. The second-order valence-electron chi connectivity index (χ2n) is 8.07. The molecule has 0 radical (unpaired) electrons. The van der Waals surface area contributed by atoms with Gasteiger partial charge in [0.05, 0.1) is 17.8 Å². The molecule has 0 aliphatic carbocycles. The summed E-state index contributed by atoms with van der Waals surface area (Å²) >= 11 is 0. The molecule has 1 atom stereocenters. The summed E-state index contributed by atoms with van der Waals surface area (Å²) in [6.07, 6.45) is 5.83. The predicted octanol–water partition coefficient (Wildman–Crippen LogP) is 3.34. The van der Waals surface area contributed by atoms with Crippen LogP contribution in [0.2, 0.25) is 0 Å². The fourth-order valence-corrected chi connectivity index (χ4v) is 4.15. The van der Waals surface area contributed by atoms with Gasteiger partial charge in [0.1, 0.15) is 5.52 Å². The Hall–Kier alpha value is -3.66. The predicted molar refractivity (Wildman–Crippen MR) is 120 cm³/mol. The van der Waals surface area contributed by atoms with Gasteiger partial charge in [-0.2, -0.15) is 10.2 Å². The Labute approximate surface area is 184 Å². The van der Waals surface area contributed by atoms with Gasteiger partial charge in [-0.25, -0.2) is 14.5 Å². The van der Waals surface area contributed by atoms with Gasteiger partial charge in [-0.05, 0) is 31.4 Å². The fraction of sp³-hybridized carbons (Fsp3) is 0.364. The van der Waals surface area contributed by atoms with Crippen LogP contribution in [0.4, 0.5) is 10.6 Å². The molecule has 1 saturated heterocycles. The Bertz CT molecular complexity index is 1290. The number of carbonyl (C=O) groups is 1. The van der Waals surface area contributed by atoms with Gasteiger partial charge >= 0.3 is 6.09 Å². The number of fused-ring (bicyclic) bond motifs is 3. The Morgan fingerprint density at radius 2 is 2.19 bits per heavy atom. The highest BCUT2D eigenvalue weighted by Gasteiger charge is 2.20. The van der Waals surface area contributed by atoms with Crippen molar-refractivity contribution >= 4 is 33.7 Å². The number of pyridine rings is 1. The highest BCUT2D eigenvalue weighted by atomic mass is 16.5. The van der Waals surface area contributed by atoms with Crippen molar-refractivity contribution in [2.45, 2.75) is 32.0 Å². The normalized spacial score (nSPS) is 16.6. The summed E-state index contributed by atoms with van der Waals surface area (Å²) < 4.78 is 9.58. The van der Waals surface area contributed by atoms with Gasteiger partial charge in [0.2, 0.25) is 0 Å². The molecule has 4 heterocycles. The molecule has 166 valence electrons. The molecule has 1 aliphatic rings. The number of aromatic nitrogens is 5. The number of anilines is 1. The van der Waals surface area contributed by atoms with Crippen LogP contribution >= 0.6 is 0 Å². The third-order valence-corrected chi connectivity index (χ3v) is 5.92. The van der Waals surface area contributed by atoms with Crippen LogP contribution in [0, 0.1) is 0 Å². The SMILES string of the molecule is CN(CCn1cc2c(n1)c(N)nc1cc(-c3ccnn3C3CCCCO3)ccc12)C(=O)O. The average molecular weight is 435 g/mol. The van der Waals surface area contributed by atoms with Crippen molar-refractivity contribution in [3.63, 3.8) is 0 Å². The molecular formula is C22H25N7O3. The van der Waals surface area contributed by atoms with Crippen molar-refractivity contribution < 1.29 is 14.6 Å². The number of amides is 1. The molecule has 0 bridgehead atoms. The molecule has 5 rings (SSSR count). The molecule has 4 aromatic rings. The Kier molecular flexibility index (Phi) is 5.14. The lowest BCUT2D eigenvalue weighted by Crippen LogP contribution is -2.28. The number of likely N-dealkylation sites (N-methyl/N-ethyl adjacent to an activating group) is 1. The van der Waals surface area contributed by atoms with E-state index in [1.54, 1.807) is 10.9 Å². The monoisotopic (exact) mass is 435 g/mol. The Morgan fingerprint density at radius 1 is 1.31 bits per heavy atom. The van der Waals surface area contributed by atoms with Crippen LogP contribution in [0.3, 0.4) is 0 Å². The first-order chi connectivity index (χ1) is 15.5. The standard InChI is InChI=1S/C22H25N7O3/c1-27(22(30)31)9-10-28-13-16-15-6-5-14(12-17(15)25-21(23)20(16)26-28)18-7-8-24-29(18)19-4-2-3-11-32-19/h5-8,12-13,19H,2-4,9-11H2,1H3,(H2,23,25)(H,30,31). The first-order valence-corrected chi connectivity index (χ1v) is 10.7. The molecule has 1 unspecified atom stereocenters. The van der Waals surface area contributed by atoms with Crippen LogP contribution in [0.15, 0.2) is 36.7 Å². The third kappa shape index (κ3) is 3.62. The zero-order valence-electron chi connectivity index (χ0n) is 17.8. The minimum atomic E-state index is -0.973. The third-order valence-electron chi connectivity index (χ3n) is 5.92. The van der Waals surface area contributed by atoms with Crippen molar-refractivity contribution in [2.75, 3.05) is 25.9 Å². The number of nitrogens with zero attached hydrogens (tertiary/aromatic N) is 6. The maximum Gasteiger partial charge on any atom is 0.407 e. The number of nitrogens with two attached hydrogens (primary N) is 1. The van der Waals surface area contributed by atoms with Crippen molar-refractivity contribution in [3.8, 4) is 11.3 Å². The van der Waals surface area contributed by atoms with Gasteiger partial charge in [-0.15, -0.1) is 0 Å². The minimum Gasteiger partial charge on any atom is -0.465 e. The Balaban J connectivity index is 1.51. The molecule has 1 amide bonds. The van der Waals surface area contributed by atoms with Crippen LogP contribution in [0.25, 0.3) is 33.1 Å². The first-order valence-electron chi connectivity index (χ1n) is 10.7. The molecule has 1 aromatic carbocycles. The molecular weight excluding hydrogens is 410 g/mol. The topological polar surface area (TPSA) is 124 Å². The number of nitrogen functional groups attached to an aromatic ring is 1. The van der Waals surface area contributed by atoms with Crippen molar-refractivity contribution in [1.82, 2.24) is 29.4 Å². The second kappa shape index (κ2) is 8.12. The van der Waals surface area contributed by atoms with Gasteiger partial charge < -0.3 is 20.5 Å². The maximum atomic E-state index is 11.0. The van der Waals surface area contributed by atoms with E-state index in [4.69, 9.17) is 15.6 Å². The van der Waals surface area contributed by atoms with Crippen LogP contribution in [-0.4, -0.2) is 60.8 Å². The number of carboxylic acid groups (broad SMARTS) is 1. The van der Waals surface area contributed by atoms with E-state index in [9.17, 15) is 4.79 Å². The van der Waals surface area contributed by atoms with Crippen LogP contribution in [-0.2, 0) is 11.3 Å². The van der Waals surface area contributed by atoms with E-state index in [0.29, 0.717) is 24.4 Å². The van der Waals surface area contributed by atoms with Gasteiger partial charge in [0, 0.05) is 48.9 Å². The number of hydrogen-bond donors (Lipinski definition) is 2. The van der Waals surface area contributed by atoms with E-state index in [-0.39, 0.29) is 6.23 Å². The lowest BCUT2D eigenvalue weighted by molar-refractivity contribution is -0.0383. The van der Waals surface area contributed by atoms with Crippen molar-refractivity contribution in [3.05, 3.63) is 36.7 Å². The summed E-state index contributed by atoms with van der Waals surface area (Å²) in [6, 6.07) is 8.06. The summed E-state index contributed by atoms with van der Waals surface area (Å²) in [5.41, 5.74) is 9.58. The molecule has 3 aromatic heterocycles. The first kappa shape index (κ1) is 20.3. The van der Waals surface area contributed by atoms with E-state index in [0.717, 1.165) is 53.4 Å². The van der Waals surface area contributed by atoms with E-state index in [2.05, 4.69) is 15.2 Å². The van der Waals surface area contributed by atoms with E-state index >= 15 is 0 Å². The average Bonchev–Trinajstić information content (AvgIpc) is 3.45. The lowest BCUT2D eigenvalue weighted by atomic mass is 10.1. The fourth-order valence-electron chi connectivity index (χ4n) is 4.15. The van der Waals surface area contributed by atoms with E-state index in [1.165, 1.54) is 11.9 Å². The molecule has 1 aliphatic heterocycles. The molecule has 0 spiro atoms. The van der Waals surface area contributed by atoms with E-state index in [1.807, 2.05) is 35.1 Å². The molecule has 10 nitrogen and oxygen atoms in total. The molecule has 0 saturated carbocycles. The van der Waals surface area contributed by atoms with E-state index < -0.39 is 6.09 Å². The summed E-state index contributed by atoms with van der Waals surface area (Å²) in [4.78, 5) is 16.8. The highest BCUT2D eigenvalue weighted by molar-refractivity contribution is 6.08. The van der Waals surface area contributed by atoms with Gasteiger partial charge in [-0.3, -0.25) is 4.68 Å². The smallest absolute Gasteiger partial charge is 0.407 e. The lowest BCUT2D eigenvalue weighted by Gasteiger charge is -2.24. The summed E-state index contributed by atoms with van der Waals surface area (Å²) in [5, 5.41) is 19.9. The number of benzene rings is 1. The van der Waals surface area contributed by atoms with Crippen molar-refractivity contribution in [2.24, 2.45) is 0 Å². The second-order valence-corrected chi connectivity index (χ2v) is 8.07. The number of rotatable bonds is 5. The summed E-state index contributed by atoms with van der Waals surface area (Å²) in [6.45, 7) is 1.51. The highest BCUT2D eigenvalue weighted by Crippen LogP contribution is 2.32. The zero-order chi connectivity index (χ0) is 22.2. The molecule has 3 N–H and O–H groups in total. The Morgan fingerprint density at radius 3 is 2.97 bits per heavy atom. The summed E-state index contributed by atoms with van der Waals surface area (Å²) in [5.74, 6) is 0.346. The quantitative estimate of drug-likeness (QED) is 0.492. The van der Waals surface area contributed by atoms with Crippen LogP contribution < -0.4 is 5.73 Å². The van der Waals surface area contributed by atoms with Crippen LogP contribution in [0.5, 0.6) is 0 Å². The summed E-state index contributed by atoms with van der Waals surface area (Å²) in [7, 11) is 1.53. The zero-order valence-corrected chi connectivity index (χ0v) is 17.8. The van der Waals surface area contributed by atoms with Crippen molar-refractivity contribution in [1.29, 1.82) is 0 Å². The molecule has 10 heteroatoms. The van der Waals surface area contributed by atoms with Gasteiger partial charge in [0.25, 0.3) is 0 Å². The van der Waals surface area contributed by atoms with Gasteiger partial charge in [0.15, 0.2) is 12.0 Å². The number of hydrogen-bond acceptors (Lipinski definition) is 6. The molecule has 32 heavy (non-hydrogen) atoms. The number of ether oxygens (including phenoxy) is 1. The van der Waals surface area contributed by atoms with Gasteiger partial charge in [-0.1, -0.05) is 12.1 Å². The minimum absolute atomic E-state index is 0.0490. The molecule has 1 fully saturated rings. The maximum absolute atomic E-state index is 11.0.